The third-order valence-electron chi connectivity index (χ3n) is 3.19. The summed E-state index contributed by atoms with van der Waals surface area (Å²) in [5.41, 5.74) is 0. The molecular formula is C14H27NO2. The highest BCUT2D eigenvalue weighted by atomic mass is 16.5. The zero-order valence-corrected chi connectivity index (χ0v) is 11.3. The van der Waals surface area contributed by atoms with Crippen LogP contribution in [0, 0.1) is 11.8 Å². The predicted molar refractivity (Wildman–Crippen MR) is 69.9 cm³/mol. The number of hydrogen-bond acceptors (Lipinski definition) is 2. The van der Waals surface area contributed by atoms with Crippen LogP contribution < -0.4 is 5.32 Å². The van der Waals surface area contributed by atoms with Crippen molar-refractivity contribution in [1.29, 1.82) is 0 Å². The summed E-state index contributed by atoms with van der Waals surface area (Å²) < 4.78 is 5.47. The van der Waals surface area contributed by atoms with E-state index >= 15 is 0 Å². The fourth-order valence-electron chi connectivity index (χ4n) is 2.21. The number of carbonyl (C=O) groups is 1. The second-order valence-corrected chi connectivity index (χ2v) is 5.45. The molecule has 0 aromatic rings. The van der Waals surface area contributed by atoms with Crippen molar-refractivity contribution in [1.82, 2.24) is 5.32 Å². The Bertz CT molecular complexity index is 210. The minimum Gasteiger partial charge on any atom is -0.381 e. The van der Waals surface area contributed by atoms with E-state index in [4.69, 9.17) is 4.74 Å². The lowest BCUT2D eigenvalue weighted by atomic mass is 9.89. The first-order valence-corrected chi connectivity index (χ1v) is 7.05. The summed E-state index contributed by atoms with van der Waals surface area (Å²) >= 11 is 0. The number of rotatable bonds is 7. The Hall–Kier alpha value is -0.570. The van der Waals surface area contributed by atoms with Crippen LogP contribution in [-0.2, 0) is 9.53 Å². The van der Waals surface area contributed by atoms with Gasteiger partial charge in [0.1, 0.15) is 0 Å². The average molecular weight is 241 g/mol. The fraction of sp³-hybridized carbons (Fsp3) is 0.929. The van der Waals surface area contributed by atoms with Crippen LogP contribution in [-0.4, -0.2) is 25.7 Å². The van der Waals surface area contributed by atoms with Crippen molar-refractivity contribution in [2.45, 2.75) is 52.4 Å². The van der Waals surface area contributed by atoms with Gasteiger partial charge >= 0.3 is 0 Å². The van der Waals surface area contributed by atoms with Crippen LogP contribution in [0.5, 0.6) is 0 Å². The van der Waals surface area contributed by atoms with Gasteiger partial charge in [-0.3, -0.25) is 4.79 Å². The normalized spacial score (nSPS) is 17.4. The number of ether oxygens (including phenoxy) is 1. The van der Waals surface area contributed by atoms with Gasteiger partial charge in [0.25, 0.3) is 0 Å². The van der Waals surface area contributed by atoms with Crippen molar-refractivity contribution in [2.24, 2.45) is 11.8 Å². The second kappa shape index (κ2) is 8.51. The van der Waals surface area contributed by atoms with E-state index in [9.17, 15) is 4.79 Å². The van der Waals surface area contributed by atoms with E-state index in [1.165, 1.54) is 19.3 Å². The molecule has 0 aliphatic heterocycles. The maximum Gasteiger partial charge on any atom is 0.223 e. The van der Waals surface area contributed by atoms with Gasteiger partial charge in [0.2, 0.25) is 5.91 Å². The van der Waals surface area contributed by atoms with Crippen molar-refractivity contribution in [2.75, 3.05) is 19.8 Å². The van der Waals surface area contributed by atoms with Crippen molar-refractivity contribution in [3.8, 4) is 0 Å². The van der Waals surface area contributed by atoms with Gasteiger partial charge in [0, 0.05) is 25.7 Å². The lowest BCUT2D eigenvalue weighted by molar-refractivity contribution is -0.125. The molecule has 0 saturated heterocycles. The largest absolute Gasteiger partial charge is 0.381 e. The Labute approximate surface area is 105 Å². The molecule has 1 amide bonds. The second-order valence-electron chi connectivity index (χ2n) is 5.45. The zero-order chi connectivity index (χ0) is 12.5. The van der Waals surface area contributed by atoms with Gasteiger partial charge in [0.05, 0.1) is 0 Å². The third kappa shape index (κ3) is 6.67. The fourth-order valence-corrected chi connectivity index (χ4v) is 2.21. The van der Waals surface area contributed by atoms with Crippen LogP contribution in [0.2, 0.25) is 0 Å². The Morgan fingerprint density at radius 1 is 1.29 bits per heavy atom. The summed E-state index contributed by atoms with van der Waals surface area (Å²) in [5, 5.41) is 3.02. The maximum atomic E-state index is 11.8. The van der Waals surface area contributed by atoms with E-state index in [-0.39, 0.29) is 11.8 Å². The van der Waals surface area contributed by atoms with Crippen molar-refractivity contribution in [3.05, 3.63) is 0 Å². The van der Waals surface area contributed by atoms with Crippen LogP contribution in [0.3, 0.4) is 0 Å². The van der Waals surface area contributed by atoms with Gasteiger partial charge < -0.3 is 10.1 Å². The lowest BCUT2D eigenvalue weighted by Crippen LogP contribution is -2.33. The average Bonchev–Trinajstić information content (AvgIpc) is 2.34. The van der Waals surface area contributed by atoms with Gasteiger partial charge in [-0.15, -0.1) is 0 Å². The smallest absolute Gasteiger partial charge is 0.223 e. The third-order valence-corrected chi connectivity index (χ3v) is 3.19. The monoisotopic (exact) mass is 241 g/mol. The van der Waals surface area contributed by atoms with Crippen LogP contribution in [0.1, 0.15) is 52.4 Å². The topological polar surface area (TPSA) is 38.3 Å². The zero-order valence-electron chi connectivity index (χ0n) is 11.3. The molecule has 1 N–H and O–H groups in total. The maximum absolute atomic E-state index is 11.8. The number of amides is 1. The summed E-state index contributed by atoms with van der Waals surface area (Å²) in [6, 6.07) is 0. The molecule has 0 aromatic heterocycles. The summed E-state index contributed by atoms with van der Waals surface area (Å²) in [4.78, 5) is 11.8. The van der Waals surface area contributed by atoms with Gasteiger partial charge in [0.15, 0.2) is 0 Å². The van der Waals surface area contributed by atoms with E-state index in [1.807, 2.05) is 0 Å². The molecule has 0 spiro atoms. The highest BCUT2D eigenvalue weighted by molar-refractivity contribution is 5.78. The molecule has 0 atom stereocenters. The number of hydrogen-bond donors (Lipinski definition) is 1. The van der Waals surface area contributed by atoms with Crippen molar-refractivity contribution in [3.63, 3.8) is 0 Å². The Morgan fingerprint density at radius 3 is 2.65 bits per heavy atom. The molecule has 100 valence electrons. The lowest BCUT2D eigenvalue weighted by Gasteiger charge is -2.20. The highest BCUT2D eigenvalue weighted by Gasteiger charge is 2.20. The standard InChI is InChI=1S/C14H27NO2/c1-12(2)11-17-10-6-9-15-14(16)13-7-4-3-5-8-13/h12-13H,3-11H2,1-2H3,(H,15,16). The van der Waals surface area contributed by atoms with Crippen LogP contribution in [0.15, 0.2) is 0 Å². The molecule has 3 heteroatoms. The Morgan fingerprint density at radius 2 is 2.00 bits per heavy atom. The van der Waals surface area contributed by atoms with Gasteiger partial charge in [-0.25, -0.2) is 0 Å². The molecule has 0 radical (unpaired) electrons. The SMILES string of the molecule is CC(C)COCCCNC(=O)C1CCCCC1. The molecule has 1 aliphatic rings. The Kier molecular flexibility index (Phi) is 7.25. The van der Waals surface area contributed by atoms with Gasteiger partial charge in [-0.2, -0.15) is 0 Å². The first kappa shape index (κ1) is 14.5. The molecule has 0 heterocycles. The summed E-state index contributed by atoms with van der Waals surface area (Å²) in [6.07, 6.45) is 6.81. The first-order valence-electron chi connectivity index (χ1n) is 7.05. The molecule has 0 aromatic carbocycles. The minimum absolute atomic E-state index is 0.258. The van der Waals surface area contributed by atoms with Crippen LogP contribution in [0.25, 0.3) is 0 Å². The predicted octanol–water partition coefficient (Wildman–Crippen LogP) is 2.75. The molecular weight excluding hydrogens is 214 g/mol. The molecule has 17 heavy (non-hydrogen) atoms. The van der Waals surface area contributed by atoms with Crippen molar-refractivity contribution >= 4 is 5.91 Å². The molecule has 3 nitrogen and oxygen atoms in total. The summed E-state index contributed by atoms with van der Waals surface area (Å²) in [6.45, 7) is 6.61. The highest BCUT2D eigenvalue weighted by Crippen LogP contribution is 2.23. The Balaban J connectivity index is 1.96. The summed E-state index contributed by atoms with van der Waals surface area (Å²) in [7, 11) is 0. The molecule has 1 saturated carbocycles. The van der Waals surface area contributed by atoms with E-state index in [0.29, 0.717) is 5.92 Å². The quantitative estimate of drug-likeness (QED) is 0.696. The molecule has 1 aliphatic carbocycles. The first-order chi connectivity index (χ1) is 8.20. The van der Waals surface area contributed by atoms with Crippen LogP contribution >= 0.6 is 0 Å². The molecule has 1 rings (SSSR count). The number of nitrogens with one attached hydrogen (secondary N) is 1. The van der Waals surface area contributed by atoms with E-state index in [0.717, 1.165) is 39.0 Å². The minimum atomic E-state index is 0.258. The van der Waals surface area contributed by atoms with Gasteiger partial charge in [-0.05, 0) is 25.2 Å². The summed E-state index contributed by atoms with van der Waals surface area (Å²) in [5.74, 6) is 1.13. The van der Waals surface area contributed by atoms with Crippen LogP contribution in [0.4, 0.5) is 0 Å². The van der Waals surface area contributed by atoms with E-state index < -0.39 is 0 Å². The molecule has 0 bridgehead atoms. The van der Waals surface area contributed by atoms with E-state index in [2.05, 4.69) is 19.2 Å². The molecule has 0 unspecified atom stereocenters. The van der Waals surface area contributed by atoms with Crippen molar-refractivity contribution < 1.29 is 9.53 Å². The molecule has 1 fully saturated rings. The van der Waals surface area contributed by atoms with E-state index in [1.54, 1.807) is 0 Å². The number of carbonyl (C=O) groups excluding carboxylic acids is 1. The van der Waals surface area contributed by atoms with Gasteiger partial charge in [-0.1, -0.05) is 33.1 Å².